The number of piperidine rings is 1. The number of fused-ring (bicyclic) bond motifs is 1. The number of rotatable bonds is 3. The van der Waals surface area contributed by atoms with Gasteiger partial charge in [-0.2, -0.15) is 0 Å². The topological polar surface area (TPSA) is 62.5 Å². The molecule has 0 bridgehead atoms. The summed E-state index contributed by atoms with van der Waals surface area (Å²) in [5.74, 6) is 0.744. The third-order valence-corrected chi connectivity index (χ3v) is 4.12. The highest BCUT2D eigenvalue weighted by atomic mass is 79.9. The second-order valence-electron chi connectivity index (χ2n) is 5.32. The summed E-state index contributed by atoms with van der Waals surface area (Å²) in [5, 5.41) is 3.19. The van der Waals surface area contributed by atoms with Crippen LogP contribution in [0.15, 0.2) is 23.2 Å². The lowest BCUT2D eigenvalue weighted by Gasteiger charge is -2.29. The quantitative estimate of drug-likeness (QED) is 0.921. The van der Waals surface area contributed by atoms with E-state index >= 15 is 0 Å². The Morgan fingerprint density at radius 2 is 2.14 bits per heavy atom. The van der Waals surface area contributed by atoms with Gasteiger partial charge in [-0.15, -0.1) is 0 Å². The van der Waals surface area contributed by atoms with E-state index in [1.54, 1.807) is 6.20 Å². The molecule has 1 amide bonds. The van der Waals surface area contributed by atoms with Crippen LogP contribution >= 0.6 is 15.9 Å². The monoisotopic (exact) mass is 351 g/mol. The summed E-state index contributed by atoms with van der Waals surface area (Å²) in [6.07, 6.45) is 8.81. The van der Waals surface area contributed by atoms with E-state index in [4.69, 9.17) is 0 Å². The zero-order chi connectivity index (χ0) is 14.8. The molecule has 112 valence electrons. The number of carbonyl (C=O) groups excluding carboxylic acids is 1. The molecule has 0 aromatic carbocycles. The molecule has 1 aliphatic rings. The van der Waals surface area contributed by atoms with Gasteiger partial charge in [-0.1, -0.05) is 0 Å². The van der Waals surface area contributed by atoms with Crippen LogP contribution < -0.4 is 5.32 Å². The van der Waals surface area contributed by atoms with Crippen molar-refractivity contribution in [2.45, 2.75) is 32.2 Å². The van der Waals surface area contributed by atoms with Gasteiger partial charge in [0.15, 0.2) is 11.5 Å². The average molecular weight is 352 g/mol. The minimum atomic E-state index is -0.314. The normalized spacial score (nSPS) is 17.0. The molecule has 1 atom stereocenters. The van der Waals surface area contributed by atoms with Crippen LogP contribution in [-0.4, -0.2) is 44.3 Å². The lowest BCUT2D eigenvalue weighted by atomic mass is 10.1. The third kappa shape index (κ3) is 3.02. The summed E-state index contributed by atoms with van der Waals surface area (Å²) in [6.45, 7) is 3.59. The van der Waals surface area contributed by atoms with Crippen molar-refractivity contribution in [2.75, 3.05) is 18.4 Å². The number of amides is 1. The predicted molar refractivity (Wildman–Crippen MR) is 84.2 cm³/mol. The Labute approximate surface area is 131 Å². The molecule has 1 fully saturated rings. The van der Waals surface area contributed by atoms with E-state index < -0.39 is 0 Å². The van der Waals surface area contributed by atoms with E-state index in [9.17, 15) is 4.79 Å². The van der Waals surface area contributed by atoms with Crippen LogP contribution in [0.5, 0.6) is 0 Å². The van der Waals surface area contributed by atoms with Crippen LogP contribution in [0, 0.1) is 0 Å². The molecule has 0 saturated carbocycles. The van der Waals surface area contributed by atoms with Crippen molar-refractivity contribution in [3.05, 3.63) is 23.2 Å². The number of nitrogens with zero attached hydrogens (tertiary/aromatic N) is 4. The lowest BCUT2D eigenvalue weighted by molar-refractivity contribution is -0.132. The molecule has 0 radical (unpaired) electrons. The second-order valence-corrected chi connectivity index (χ2v) is 6.13. The molecule has 0 spiro atoms. The number of anilines is 1. The van der Waals surface area contributed by atoms with Gasteiger partial charge in [-0.3, -0.25) is 4.79 Å². The van der Waals surface area contributed by atoms with Gasteiger partial charge in [-0.05, 0) is 42.1 Å². The molecular formula is C14H18BrN5O. The number of carbonyl (C=O) groups is 1. The maximum atomic E-state index is 12.5. The summed E-state index contributed by atoms with van der Waals surface area (Å²) in [5.41, 5.74) is 0.719. The summed E-state index contributed by atoms with van der Waals surface area (Å²) in [7, 11) is 0. The van der Waals surface area contributed by atoms with Crippen LogP contribution in [0.1, 0.15) is 26.2 Å². The predicted octanol–water partition coefficient (Wildman–Crippen LogP) is 2.30. The van der Waals surface area contributed by atoms with Gasteiger partial charge in [0.1, 0.15) is 10.6 Å². The maximum absolute atomic E-state index is 12.5. The molecule has 1 unspecified atom stereocenters. The highest BCUT2D eigenvalue weighted by Crippen LogP contribution is 2.18. The molecule has 6 nitrogen and oxygen atoms in total. The first-order chi connectivity index (χ1) is 10.1. The Kier molecular flexibility index (Phi) is 4.10. The van der Waals surface area contributed by atoms with Crippen LogP contribution in [0.2, 0.25) is 0 Å². The first-order valence-electron chi connectivity index (χ1n) is 7.19. The molecule has 7 heteroatoms. The van der Waals surface area contributed by atoms with Crippen LogP contribution in [0.3, 0.4) is 0 Å². The summed E-state index contributed by atoms with van der Waals surface area (Å²) in [6, 6.07) is -0.314. The molecule has 3 heterocycles. The number of nitrogens with one attached hydrogen (secondary N) is 1. The van der Waals surface area contributed by atoms with E-state index in [0.717, 1.165) is 31.6 Å². The molecule has 1 saturated heterocycles. The molecule has 3 rings (SSSR count). The molecular weight excluding hydrogens is 334 g/mol. The van der Waals surface area contributed by atoms with E-state index in [0.29, 0.717) is 10.4 Å². The first kappa shape index (κ1) is 14.3. The fourth-order valence-electron chi connectivity index (χ4n) is 2.65. The standard InChI is InChI=1S/C14H18BrN5O/c1-10(14(21)19-6-3-2-4-7-19)17-12-13-16-5-8-20(13)9-11(15)18-12/h5,8-10H,2-4,6-7H2,1H3,(H,17,18). The van der Waals surface area contributed by atoms with Gasteiger partial charge in [0.05, 0.1) is 0 Å². The fraction of sp³-hybridized carbons (Fsp3) is 0.500. The summed E-state index contributed by atoms with van der Waals surface area (Å²) >= 11 is 3.38. The highest BCUT2D eigenvalue weighted by Gasteiger charge is 2.23. The third-order valence-electron chi connectivity index (χ3n) is 3.74. The van der Waals surface area contributed by atoms with E-state index in [1.807, 2.05) is 28.6 Å². The number of hydrogen-bond acceptors (Lipinski definition) is 4. The molecule has 21 heavy (non-hydrogen) atoms. The van der Waals surface area contributed by atoms with Crippen molar-refractivity contribution >= 4 is 33.3 Å². The molecule has 1 aliphatic heterocycles. The minimum absolute atomic E-state index is 0.126. The number of likely N-dealkylation sites (tertiary alicyclic amines) is 1. The summed E-state index contributed by atoms with van der Waals surface area (Å²) < 4.78 is 2.57. The van der Waals surface area contributed by atoms with Crippen molar-refractivity contribution in [1.82, 2.24) is 19.3 Å². The summed E-state index contributed by atoms with van der Waals surface area (Å²) in [4.78, 5) is 23.1. The zero-order valence-corrected chi connectivity index (χ0v) is 13.5. The smallest absolute Gasteiger partial charge is 0.244 e. The van der Waals surface area contributed by atoms with Crippen molar-refractivity contribution in [3.63, 3.8) is 0 Å². The molecule has 1 N–H and O–H groups in total. The number of hydrogen-bond donors (Lipinski definition) is 1. The fourth-order valence-corrected chi connectivity index (χ4v) is 3.05. The Balaban J connectivity index is 1.77. The Morgan fingerprint density at radius 3 is 2.90 bits per heavy atom. The SMILES string of the molecule is CC(Nc1nc(Br)cn2ccnc12)C(=O)N1CCCCC1. The number of halogens is 1. The van der Waals surface area contributed by atoms with Crippen molar-refractivity contribution in [1.29, 1.82) is 0 Å². The van der Waals surface area contributed by atoms with Crippen molar-refractivity contribution < 1.29 is 4.79 Å². The highest BCUT2D eigenvalue weighted by molar-refractivity contribution is 9.10. The van der Waals surface area contributed by atoms with Crippen LogP contribution in [-0.2, 0) is 4.79 Å². The van der Waals surface area contributed by atoms with Gasteiger partial charge in [0, 0.05) is 31.7 Å². The largest absolute Gasteiger partial charge is 0.355 e. The van der Waals surface area contributed by atoms with Gasteiger partial charge in [-0.25, -0.2) is 9.97 Å². The second kappa shape index (κ2) is 6.01. The zero-order valence-electron chi connectivity index (χ0n) is 11.9. The van der Waals surface area contributed by atoms with Crippen LogP contribution in [0.25, 0.3) is 5.65 Å². The molecule has 0 aliphatic carbocycles. The van der Waals surface area contributed by atoms with Gasteiger partial charge >= 0.3 is 0 Å². The minimum Gasteiger partial charge on any atom is -0.355 e. The van der Waals surface area contributed by atoms with E-state index in [1.165, 1.54) is 6.42 Å². The van der Waals surface area contributed by atoms with E-state index in [-0.39, 0.29) is 11.9 Å². The van der Waals surface area contributed by atoms with E-state index in [2.05, 4.69) is 31.2 Å². The van der Waals surface area contributed by atoms with Gasteiger partial charge < -0.3 is 14.6 Å². The average Bonchev–Trinajstić information content (AvgIpc) is 2.95. The van der Waals surface area contributed by atoms with Crippen LogP contribution in [0.4, 0.5) is 5.82 Å². The first-order valence-corrected chi connectivity index (χ1v) is 7.99. The number of imidazole rings is 1. The Hall–Kier alpha value is -1.63. The Morgan fingerprint density at radius 1 is 1.38 bits per heavy atom. The molecule has 2 aromatic rings. The van der Waals surface area contributed by atoms with Gasteiger partial charge in [0.2, 0.25) is 5.91 Å². The molecule has 2 aromatic heterocycles. The van der Waals surface area contributed by atoms with Gasteiger partial charge in [0.25, 0.3) is 0 Å². The maximum Gasteiger partial charge on any atom is 0.244 e. The lowest BCUT2D eigenvalue weighted by Crippen LogP contribution is -2.44. The van der Waals surface area contributed by atoms with Crippen molar-refractivity contribution in [3.8, 4) is 0 Å². The Bertz CT molecular complexity index is 650. The van der Waals surface area contributed by atoms with Crippen molar-refractivity contribution in [2.24, 2.45) is 0 Å². The number of aromatic nitrogens is 3.